The number of nitrogens with one attached hydrogen (secondary N) is 2. The standard InChI is InChI=1S/C18H25N5O3S/c1-22(2)11-9-19-17(25)15-7-6-14(27-15)13-4-3-10-23(13)18(26)12-5-8-16(24)21-20-12/h6-7,13H,3-5,8-11H2,1-2H3,(H,19,25)(H,21,24). The van der Waals surface area contributed by atoms with Crippen LogP contribution in [0.25, 0.3) is 0 Å². The van der Waals surface area contributed by atoms with Crippen LogP contribution in [0.5, 0.6) is 0 Å². The fraction of sp³-hybridized carbons (Fsp3) is 0.556. The Hall–Kier alpha value is -2.26. The number of amides is 3. The molecule has 27 heavy (non-hydrogen) atoms. The zero-order valence-corrected chi connectivity index (χ0v) is 16.5. The number of hydrazone groups is 1. The summed E-state index contributed by atoms with van der Waals surface area (Å²) in [7, 11) is 3.92. The van der Waals surface area contributed by atoms with Gasteiger partial charge in [-0.3, -0.25) is 14.4 Å². The zero-order chi connectivity index (χ0) is 19.4. The summed E-state index contributed by atoms with van der Waals surface area (Å²) in [5.74, 6) is -0.362. The lowest BCUT2D eigenvalue weighted by Crippen LogP contribution is -2.39. The van der Waals surface area contributed by atoms with Crippen molar-refractivity contribution in [1.82, 2.24) is 20.5 Å². The molecule has 0 spiro atoms. The number of carbonyl (C=O) groups excluding carboxylic acids is 3. The predicted molar refractivity (Wildman–Crippen MR) is 104 cm³/mol. The molecule has 2 aliphatic rings. The second-order valence-electron chi connectivity index (χ2n) is 7.01. The van der Waals surface area contributed by atoms with Crippen LogP contribution in [-0.2, 0) is 9.59 Å². The maximum atomic E-state index is 12.8. The molecule has 1 unspecified atom stereocenters. The minimum atomic E-state index is -0.160. The van der Waals surface area contributed by atoms with Crippen molar-refractivity contribution >= 4 is 34.8 Å². The van der Waals surface area contributed by atoms with E-state index < -0.39 is 0 Å². The Kier molecular flexibility index (Phi) is 6.22. The lowest BCUT2D eigenvalue weighted by atomic mass is 10.1. The van der Waals surface area contributed by atoms with Crippen LogP contribution in [0, 0.1) is 0 Å². The molecule has 1 atom stereocenters. The van der Waals surface area contributed by atoms with Crippen molar-refractivity contribution in [3.63, 3.8) is 0 Å². The van der Waals surface area contributed by atoms with E-state index in [-0.39, 0.29) is 23.8 Å². The summed E-state index contributed by atoms with van der Waals surface area (Å²) in [4.78, 5) is 41.8. The summed E-state index contributed by atoms with van der Waals surface area (Å²) in [6.45, 7) is 2.05. The molecule has 1 fully saturated rings. The average molecular weight is 391 g/mol. The Bertz CT molecular complexity index is 758. The molecule has 1 aromatic heterocycles. The quantitative estimate of drug-likeness (QED) is 0.756. The van der Waals surface area contributed by atoms with Gasteiger partial charge >= 0.3 is 0 Å². The number of hydrogen-bond donors (Lipinski definition) is 2. The number of likely N-dealkylation sites (N-methyl/N-ethyl adjacent to an activating group) is 1. The Morgan fingerprint density at radius 1 is 1.37 bits per heavy atom. The summed E-state index contributed by atoms with van der Waals surface area (Å²) in [6, 6.07) is 3.72. The van der Waals surface area contributed by atoms with Crippen LogP contribution in [0.4, 0.5) is 0 Å². The molecule has 0 aliphatic carbocycles. The molecular weight excluding hydrogens is 366 g/mol. The molecule has 8 nitrogen and oxygen atoms in total. The summed E-state index contributed by atoms with van der Waals surface area (Å²) < 4.78 is 0. The predicted octanol–water partition coefficient (Wildman–Crippen LogP) is 0.969. The summed E-state index contributed by atoms with van der Waals surface area (Å²) in [6.07, 6.45) is 2.45. The molecule has 0 radical (unpaired) electrons. The highest BCUT2D eigenvalue weighted by Crippen LogP contribution is 2.36. The monoisotopic (exact) mass is 391 g/mol. The number of rotatable bonds is 6. The van der Waals surface area contributed by atoms with Crippen LogP contribution in [0.3, 0.4) is 0 Å². The third-order valence-corrected chi connectivity index (χ3v) is 5.87. The molecule has 2 aliphatic heterocycles. The summed E-state index contributed by atoms with van der Waals surface area (Å²) in [5.41, 5.74) is 2.79. The van der Waals surface area contributed by atoms with Gasteiger partial charge in [-0.1, -0.05) is 0 Å². The fourth-order valence-electron chi connectivity index (χ4n) is 3.23. The molecule has 146 valence electrons. The Morgan fingerprint density at radius 3 is 2.89 bits per heavy atom. The lowest BCUT2D eigenvalue weighted by Gasteiger charge is -2.25. The minimum absolute atomic E-state index is 0.0360. The van der Waals surface area contributed by atoms with Gasteiger partial charge < -0.3 is 15.1 Å². The smallest absolute Gasteiger partial charge is 0.270 e. The normalized spacial score (nSPS) is 19.8. The third kappa shape index (κ3) is 4.72. The summed E-state index contributed by atoms with van der Waals surface area (Å²) >= 11 is 1.44. The van der Waals surface area contributed by atoms with Crippen molar-refractivity contribution in [3.05, 3.63) is 21.9 Å². The molecule has 0 saturated carbocycles. The van der Waals surface area contributed by atoms with E-state index in [1.165, 1.54) is 11.3 Å². The van der Waals surface area contributed by atoms with Crippen LogP contribution in [0.1, 0.15) is 46.3 Å². The molecule has 1 saturated heterocycles. The van der Waals surface area contributed by atoms with Gasteiger partial charge in [0.05, 0.1) is 10.9 Å². The maximum Gasteiger partial charge on any atom is 0.270 e. The fourth-order valence-corrected chi connectivity index (χ4v) is 4.31. The zero-order valence-electron chi connectivity index (χ0n) is 15.7. The van der Waals surface area contributed by atoms with Gasteiger partial charge in [0.15, 0.2) is 0 Å². The number of hydrogen-bond acceptors (Lipinski definition) is 6. The van der Waals surface area contributed by atoms with Gasteiger partial charge in [0.1, 0.15) is 5.71 Å². The first-order valence-electron chi connectivity index (χ1n) is 9.14. The van der Waals surface area contributed by atoms with Crippen LogP contribution in [0.15, 0.2) is 17.2 Å². The van der Waals surface area contributed by atoms with Crippen molar-refractivity contribution in [3.8, 4) is 0 Å². The van der Waals surface area contributed by atoms with Gasteiger partial charge in [-0.15, -0.1) is 11.3 Å². The number of carbonyl (C=O) groups is 3. The number of nitrogens with zero attached hydrogens (tertiary/aromatic N) is 3. The Morgan fingerprint density at radius 2 is 2.19 bits per heavy atom. The van der Waals surface area contributed by atoms with Crippen molar-refractivity contribution in [2.75, 3.05) is 33.7 Å². The van der Waals surface area contributed by atoms with E-state index in [1.54, 1.807) is 0 Å². The van der Waals surface area contributed by atoms with Gasteiger partial charge in [-0.05, 0) is 39.1 Å². The molecule has 9 heteroatoms. The van der Waals surface area contributed by atoms with E-state index in [0.717, 1.165) is 24.3 Å². The molecular formula is C18H25N5O3S. The highest BCUT2D eigenvalue weighted by atomic mass is 32.1. The Balaban J connectivity index is 1.65. The van der Waals surface area contributed by atoms with E-state index in [2.05, 4.69) is 15.8 Å². The van der Waals surface area contributed by atoms with Gasteiger partial charge in [0.25, 0.3) is 11.8 Å². The van der Waals surface area contributed by atoms with Crippen LogP contribution in [-0.4, -0.2) is 67.0 Å². The first kappa shape index (κ1) is 19.5. The first-order chi connectivity index (χ1) is 13.0. The van der Waals surface area contributed by atoms with Gasteiger partial charge in [0.2, 0.25) is 5.91 Å². The van der Waals surface area contributed by atoms with E-state index >= 15 is 0 Å². The SMILES string of the molecule is CN(C)CCNC(=O)c1ccc(C2CCCN2C(=O)C2=NNC(=O)CC2)s1. The largest absolute Gasteiger partial charge is 0.350 e. The third-order valence-electron chi connectivity index (χ3n) is 4.69. The van der Waals surface area contributed by atoms with E-state index in [1.807, 2.05) is 36.0 Å². The van der Waals surface area contributed by atoms with E-state index in [4.69, 9.17) is 0 Å². The topological polar surface area (TPSA) is 94.1 Å². The van der Waals surface area contributed by atoms with Gasteiger partial charge in [-0.2, -0.15) is 5.10 Å². The maximum absolute atomic E-state index is 12.8. The number of thiophene rings is 1. The molecule has 1 aromatic rings. The minimum Gasteiger partial charge on any atom is -0.350 e. The van der Waals surface area contributed by atoms with Gasteiger partial charge in [0, 0.05) is 37.4 Å². The highest BCUT2D eigenvalue weighted by Gasteiger charge is 2.34. The molecule has 2 N–H and O–H groups in total. The number of likely N-dealkylation sites (tertiary alicyclic amines) is 1. The highest BCUT2D eigenvalue weighted by molar-refractivity contribution is 7.14. The van der Waals surface area contributed by atoms with Crippen LogP contribution >= 0.6 is 11.3 Å². The van der Waals surface area contributed by atoms with Crippen molar-refractivity contribution < 1.29 is 14.4 Å². The van der Waals surface area contributed by atoms with Crippen molar-refractivity contribution in [1.29, 1.82) is 0 Å². The average Bonchev–Trinajstić information content (AvgIpc) is 3.30. The van der Waals surface area contributed by atoms with Crippen LogP contribution < -0.4 is 10.7 Å². The molecule has 0 aromatic carbocycles. The second-order valence-corrected chi connectivity index (χ2v) is 8.13. The molecule has 3 amide bonds. The second kappa shape index (κ2) is 8.62. The van der Waals surface area contributed by atoms with Crippen LogP contribution in [0.2, 0.25) is 0 Å². The van der Waals surface area contributed by atoms with Gasteiger partial charge in [-0.25, -0.2) is 5.43 Å². The molecule has 0 bridgehead atoms. The van der Waals surface area contributed by atoms with Crippen molar-refractivity contribution in [2.45, 2.75) is 31.7 Å². The van der Waals surface area contributed by atoms with Crippen molar-refractivity contribution in [2.24, 2.45) is 5.10 Å². The van der Waals surface area contributed by atoms with E-state index in [9.17, 15) is 14.4 Å². The van der Waals surface area contributed by atoms with E-state index in [0.29, 0.717) is 36.5 Å². The molecule has 3 heterocycles. The molecule has 3 rings (SSSR count). The summed E-state index contributed by atoms with van der Waals surface area (Å²) in [5, 5.41) is 6.84. The Labute approximate surface area is 162 Å². The lowest BCUT2D eigenvalue weighted by molar-refractivity contribution is -0.125. The first-order valence-corrected chi connectivity index (χ1v) is 9.96.